The predicted octanol–water partition coefficient (Wildman–Crippen LogP) is 4.40. The van der Waals surface area contributed by atoms with Crippen molar-refractivity contribution < 1.29 is 9.13 Å². The van der Waals surface area contributed by atoms with E-state index >= 15 is 0 Å². The van der Waals surface area contributed by atoms with Gasteiger partial charge in [0, 0.05) is 13.7 Å². The molecular formula is C17H22FNO. The normalized spacial score (nSPS) is 22.4. The lowest BCUT2D eigenvalue weighted by Gasteiger charge is -2.28. The lowest BCUT2D eigenvalue weighted by Crippen LogP contribution is -2.14. The quantitative estimate of drug-likeness (QED) is 0.746. The fraction of sp³-hybridized carbons (Fsp3) is 0.588. The molecule has 0 aromatic heterocycles. The number of hydrogen-bond acceptors (Lipinski definition) is 2. The first-order valence-corrected chi connectivity index (χ1v) is 7.43. The second kappa shape index (κ2) is 7.40. The minimum Gasteiger partial charge on any atom is -0.385 e. The van der Waals surface area contributed by atoms with Gasteiger partial charge in [0.05, 0.1) is 5.56 Å². The number of halogens is 1. The molecule has 1 aliphatic carbocycles. The van der Waals surface area contributed by atoms with Gasteiger partial charge in [0.25, 0.3) is 0 Å². The Morgan fingerprint density at radius 1 is 1.30 bits per heavy atom. The lowest BCUT2D eigenvalue weighted by atomic mass is 9.77. The standard InChI is InChI=1S/C17H22FNO/c1-20-10-2-3-13-4-6-14(7-5-13)15-8-9-16(12-19)17(18)11-15/h8-9,11,13-14H,2-7,10H2,1H3. The van der Waals surface area contributed by atoms with Gasteiger partial charge in [-0.1, -0.05) is 6.07 Å². The molecule has 0 saturated heterocycles. The Balaban J connectivity index is 1.87. The summed E-state index contributed by atoms with van der Waals surface area (Å²) in [6.07, 6.45) is 7.07. The monoisotopic (exact) mass is 275 g/mol. The van der Waals surface area contributed by atoms with Crippen LogP contribution in [-0.2, 0) is 4.74 Å². The van der Waals surface area contributed by atoms with Crippen LogP contribution < -0.4 is 0 Å². The summed E-state index contributed by atoms with van der Waals surface area (Å²) < 4.78 is 18.7. The highest BCUT2D eigenvalue weighted by molar-refractivity contribution is 5.34. The van der Waals surface area contributed by atoms with Gasteiger partial charge in [-0.25, -0.2) is 4.39 Å². The lowest BCUT2D eigenvalue weighted by molar-refractivity contribution is 0.180. The smallest absolute Gasteiger partial charge is 0.141 e. The zero-order chi connectivity index (χ0) is 14.4. The number of hydrogen-bond donors (Lipinski definition) is 0. The highest BCUT2D eigenvalue weighted by atomic mass is 19.1. The molecule has 0 amide bonds. The molecule has 0 radical (unpaired) electrons. The highest BCUT2D eigenvalue weighted by Gasteiger charge is 2.22. The molecular weight excluding hydrogens is 253 g/mol. The predicted molar refractivity (Wildman–Crippen MR) is 76.9 cm³/mol. The summed E-state index contributed by atoms with van der Waals surface area (Å²) in [7, 11) is 1.75. The zero-order valence-electron chi connectivity index (χ0n) is 12.1. The molecule has 0 spiro atoms. The maximum Gasteiger partial charge on any atom is 0.141 e. The van der Waals surface area contributed by atoms with Crippen LogP contribution in [0.5, 0.6) is 0 Å². The van der Waals surface area contributed by atoms with E-state index in [0.717, 1.165) is 37.4 Å². The van der Waals surface area contributed by atoms with Crippen LogP contribution in [-0.4, -0.2) is 13.7 Å². The Hall–Kier alpha value is -1.40. The van der Waals surface area contributed by atoms with Gasteiger partial charge in [0.15, 0.2) is 0 Å². The summed E-state index contributed by atoms with van der Waals surface area (Å²) in [4.78, 5) is 0. The van der Waals surface area contributed by atoms with Crippen molar-refractivity contribution >= 4 is 0 Å². The second-order valence-electron chi connectivity index (χ2n) is 5.70. The van der Waals surface area contributed by atoms with Crippen molar-refractivity contribution in [3.8, 4) is 6.07 Å². The zero-order valence-corrected chi connectivity index (χ0v) is 12.1. The van der Waals surface area contributed by atoms with Crippen molar-refractivity contribution in [2.75, 3.05) is 13.7 Å². The molecule has 20 heavy (non-hydrogen) atoms. The van der Waals surface area contributed by atoms with Gasteiger partial charge in [0.1, 0.15) is 11.9 Å². The Morgan fingerprint density at radius 2 is 2.05 bits per heavy atom. The van der Waals surface area contributed by atoms with Gasteiger partial charge < -0.3 is 4.74 Å². The molecule has 0 atom stereocenters. The van der Waals surface area contributed by atoms with E-state index in [9.17, 15) is 4.39 Å². The summed E-state index contributed by atoms with van der Waals surface area (Å²) in [5, 5.41) is 8.76. The van der Waals surface area contributed by atoms with Crippen molar-refractivity contribution in [3.05, 3.63) is 35.1 Å². The Bertz CT molecular complexity index is 472. The summed E-state index contributed by atoms with van der Waals surface area (Å²) in [5.41, 5.74) is 1.19. The first-order chi connectivity index (χ1) is 9.74. The Kier molecular flexibility index (Phi) is 5.55. The van der Waals surface area contributed by atoms with Gasteiger partial charge in [0.2, 0.25) is 0 Å². The largest absolute Gasteiger partial charge is 0.385 e. The Morgan fingerprint density at radius 3 is 2.65 bits per heavy atom. The van der Waals surface area contributed by atoms with Gasteiger partial charge in [-0.3, -0.25) is 0 Å². The van der Waals surface area contributed by atoms with Crippen LogP contribution in [0.3, 0.4) is 0 Å². The maximum absolute atomic E-state index is 13.7. The first-order valence-electron chi connectivity index (χ1n) is 7.43. The van der Waals surface area contributed by atoms with E-state index in [-0.39, 0.29) is 11.4 Å². The SMILES string of the molecule is COCCCC1CCC(c2ccc(C#N)c(F)c2)CC1. The molecule has 0 aliphatic heterocycles. The number of rotatable bonds is 5. The minimum atomic E-state index is -0.382. The summed E-state index contributed by atoms with van der Waals surface area (Å²) in [6.45, 7) is 0.848. The molecule has 2 rings (SSSR count). The molecule has 0 bridgehead atoms. The van der Waals surface area contributed by atoms with Crippen molar-refractivity contribution in [2.24, 2.45) is 5.92 Å². The van der Waals surface area contributed by atoms with Crippen LogP contribution in [0, 0.1) is 23.1 Å². The van der Waals surface area contributed by atoms with Crippen molar-refractivity contribution in [1.29, 1.82) is 5.26 Å². The van der Waals surface area contributed by atoms with E-state index < -0.39 is 0 Å². The average molecular weight is 275 g/mol. The molecule has 108 valence electrons. The molecule has 1 aromatic rings. The molecule has 1 saturated carbocycles. The van der Waals surface area contributed by atoms with E-state index in [2.05, 4.69) is 0 Å². The van der Waals surface area contributed by atoms with Crippen molar-refractivity contribution in [2.45, 2.75) is 44.4 Å². The third-order valence-corrected chi connectivity index (χ3v) is 4.39. The van der Waals surface area contributed by atoms with Crippen LogP contribution in [0.2, 0.25) is 0 Å². The van der Waals surface area contributed by atoms with Crippen LogP contribution >= 0.6 is 0 Å². The van der Waals surface area contributed by atoms with Crippen molar-refractivity contribution in [1.82, 2.24) is 0 Å². The third-order valence-electron chi connectivity index (χ3n) is 4.39. The minimum absolute atomic E-state index is 0.141. The molecule has 0 N–H and O–H groups in total. The van der Waals surface area contributed by atoms with Crippen LogP contribution in [0.1, 0.15) is 55.6 Å². The van der Waals surface area contributed by atoms with Gasteiger partial charge >= 0.3 is 0 Å². The molecule has 1 fully saturated rings. The number of benzene rings is 1. The summed E-state index contributed by atoms with van der Waals surface area (Å²) in [5.74, 6) is 0.868. The van der Waals surface area contributed by atoms with Gasteiger partial charge in [-0.2, -0.15) is 5.26 Å². The second-order valence-corrected chi connectivity index (χ2v) is 5.70. The number of nitriles is 1. The van der Waals surface area contributed by atoms with E-state index in [1.54, 1.807) is 19.2 Å². The average Bonchev–Trinajstić information content (AvgIpc) is 2.48. The highest BCUT2D eigenvalue weighted by Crippen LogP contribution is 2.37. The van der Waals surface area contributed by atoms with Crippen LogP contribution in [0.15, 0.2) is 18.2 Å². The summed E-state index contributed by atoms with van der Waals surface area (Å²) in [6, 6.07) is 6.95. The number of nitrogens with zero attached hydrogens (tertiary/aromatic N) is 1. The van der Waals surface area contributed by atoms with Gasteiger partial charge in [-0.05, 0) is 68.1 Å². The number of ether oxygens (including phenoxy) is 1. The molecule has 3 heteroatoms. The van der Waals surface area contributed by atoms with E-state index in [1.807, 2.05) is 12.1 Å². The molecule has 1 aromatic carbocycles. The fourth-order valence-electron chi connectivity index (χ4n) is 3.18. The van der Waals surface area contributed by atoms with E-state index in [1.165, 1.54) is 19.3 Å². The third kappa shape index (κ3) is 3.80. The molecule has 0 unspecified atom stereocenters. The van der Waals surface area contributed by atoms with Crippen LogP contribution in [0.25, 0.3) is 0 Å². The van der Waals surface area contributed by atoms with Crippen LogP contribution in [0.4, 0.5) is 4.39 Å². The van der Waals surface area contributed by atoms with E-state index in [0.29, 0.717) is 5.92 Å². The Labute approximate surface area is 120 Å². The molecule has 2 nitrogen and oxygen atoms in total. The number of methoxy groups -OCH3 is 1. The van der Waals surface area contributed by atoms with Gasteiger partial charge in [-0.15, -0.1) is 0 Å². The topological polar surface area (TPSA) is 33.0 Å². The molecule has 0 heterocycles. The van der Waals surface area contributed by atoms with E-state index in [4.69, 9.17) is 10.00 Å². The summed E-state index contributed by atoms with van der Waals surface area (Å²) >= 11 is 0. The first kappa shape index (κ1) is 15.0. The maximum atomic E-state index is 13.7. The van der Waals surface area contributed by atoms with Crippen molar-refractivity contribution in [3.63, 3.8) is 0 Å². The molecule has 1 aliphatic rings. The fourth-order valence-corrected chi connectivity index (χ4v) is 3.18.